The summed E-state index contributed by atoms with van der Waals surface area (Å²) in [7, 11) is 0. The molecule has 0 saturated heterocycles. The van der Waals surface area contributed by atoms with Gasteiger partial charge in [-0.15, -0.1) is 0 Å². The number of aliphatic hydroxyl groups is 1. The number of aliphatic hydroxyl groups excluding tert-OH is 1. The maximum Gasteiger partial charge on any atom is 1.00 e. The Bertz CT molecular complexity index is 87.8. The van der Waals surface area contributed by atoms with Crippen molar-refractivity contribution in [3.63, 3.8) is 0 Å². The van der Waals surface area contributed by atoms with Gasteiger partial charge in [0.25, 0.3) is 0 Å². The van der Waals surface area contributed by atoms with Gasteiger partial charge >= 0.3 is 29.6 Å². The van der Waals surface area contributed by atoms with E-state index in [4.69, 9.17) is 5.11 Å². The molecule has 2 nitrogen and oxygen atoms in total. The molecule has 0 fully saturated rings. The van der Waals surface area contributed by atoms with Crippen LogP contribution in [0.25, 0.3) is 0 Å². The van der Waals surface area contributed by atoms with Gasteiger partial charge in [-0.2, -0.15) is 0 Å². The second-order valence-electron chi connectivity index (χ2n) is 1.90. The Morgan fingerprint density at radius 3 is 2.33 bits per heavy atom. The second kappa shape index (κ2) is 6.75. The molecule has 9 heavy (non-hydrogen) atoms. The number of rotatable bonds is 3. The fourth-order valence-corrected chi connectivity index (χ4v) is 0.450. The minimum Gasteiger partial charge on any atom is -1.00 e. The zero-order valence-corrected chi connectivity index (χ0v) is 8.35. The number of carbonyl (C=O) groups excluding carboxylic acids is 1. The van der Waals surface area contributed by atoms with Crippen molar-refractivity contribution in [3.8, 4) is 0 Å². The first-order valence-corrected chi connectivity index (χ1v) is 2.86. The van der Waals surface area contributed by atoms with Crippen molar-refractivity contribution in [1.29, 1.82) is 0 Å². The van der Waals surface area contributed by atoms with E-state index < -0.39 is 0 Å². The third-order valence-corrected chi connectivity index (χ3v) is 1.17. The molecule has 0 radical (unpaired) electrons. The molecule has 3 heteroatoms. The summed E-state index contributed by atoms with van der Waals surface area (Å²) in [5, 5.41) is 8.42. The third kappa shape index (κ3) is 5.09. The van der Waals surface area contributed by atoms with Crippen LogP contribution in [0.2, 0.25) is 0 Å². The van der Waals surface area contributed by atoms with Gasteiger partial charge in [-0.25, -0.2) is 0 Å². The van der Waals surface area contributed by atoms with Gasteiger partial charge in [0.1, 0.15) is 5.78 Å². The molecule has 0 aliphatic rings. The molecule has 0 amide bonds. The van der Waals surface area contributed by atoms with Crippen molar-refractivity contribution in [2.75, 3.05) is 6.61 Å². The van der Waals surface area contributed by atoms with Gasteiger partial charge in [0.15, 0.2) is 0 Å². The number of carbonyl (C=O) groups is 1. The van der Waals surface area contributed by atoms with Gasteiger partial charge in [-0.1, -0.05) is 13.8 Å². The zero-order valence-electron chi connectivity index (χ0n) is 7.35. The Morgan fingerprint density at radius 1 is 1.78 bits per heavy atom. The van der Waals surface area contributed by atoms with E-state index in [-0.39, 0.29) is 49.3 Å². The van der Waals surface area contributed by atoms with Crippen molar-refractivity contribution in [2.45, 2.75) is 20.3 Å². The van der Waals surface area contributed by atoms with Crippen LogP contribution in [0.1, 0.15) is 21.7 Å². The topological polar surface area (TPSA) is 37.3 Å². The first-order chi connectivity index (χ1) is 3.72. The molecule has 0 saturated carbocycles. The molecular weight excluding hydrogens is 127 g/mol. The van der Waals surface area contributed by atoms with Gasteiger partial charge in [-0.3, -0.25) is 4.79 Å². The standard InChI is InChI=1S/C6H12O2.Na.H/c1-3-6(8)5(2)4-7;;/h5,7H,3-4H2,1-2H3;;/q;+1;-1. The Kier molecular flexibility index (Phi) is 9.23. The van der Waals surface area contributed by atoms with E-state index in [9.17, 15) is 4.79 Å². The quantitative estimate of drug-likeness (QED) is 0.448. The summed E-state index contributed by atoms with van der Waals surface area (Å²) in [6, 6.07) is 0. The van der Waals surface area contributed by atoms with Crippen LogP contribution in [0.4, 0.5) is 0 Å². The molecule has 1 N–H and O–H groups in total. The fraction of sp³-hybridized carbons (Fsp3) is 0.833. The zero-order chi connectivity index (χ0) is 6.57. The summed E-state index contributed by atoms with van der Waals surface area (Å²) in [5.41, 5.74) is 0. The Labute approximate surface area is 79.4 Å². The van der Waals surface area contributed by atoms with Gasteiger partial charge < -0.3 is 6.53 Å². The summed E-state index contributed by atoms with van der Waals surface area (Å²) in [4.78, 5) is 10.6. The summed E-state index contributed by atoms with van der Waals surface area (Å²) >= 11 is 0. The van der Waals surface area contributed by atoms with Crippen molar-refractivity contribution < 1.29 is 40.9 Å². The Hall–Kier alpha value is 0.630. The number of hydrogen-bond acceptors (Lipinski definition) is 2. The van der Waals surface area contributed by atoms with Crippen molar-refractivity contribution in [2.24, 2.45) is 5.92 Å². The minimum atomic E-state index is -0.167. The number of ketones is 1. The molecular formula is C6H13NaO2. The number of Topliss-reactive ketones (excluding diaryl/α,β-unsaturated/α-hetero) is 1. The largest absolute Gasteiger partial charge is 1.00 e. The predicted octanol–water partition coefficient (Wildman–Crippen LogP) is -2.29. The molecule has 0 aromatic heterocycles. The normalized spacial score (nSPS) is 11.9. The molecule has 0 aliphatic heterocycles. The van der Waals surface area contributed by atoms with Crippen LogP contribution in [0.15, 0.2) is 0 Å². The monoisotopic (exact) mass is 140 g/mol. The van der Waals surface area contributed by atoms with Crippen molar-refractivity contribution in [3.05, 3.63) is 0 Å². The molecule has 1 atom stereocenters. The van der Waals surface area contributed by atoms with E-state index >= 15 is 0 Å². The average Bonchev–Trinajstić information content (AvgIpc) is 1.84. The summed E-state index contributed by atoms with van der Waals surface area (Å²) in [6.07, 6.45) is 0.529. The first kappa shape index (κ1) is 12.3. The third-order valence-electron chi connectivity index (χ3n) is 1.17. The van der Waals surface area contributed by atoms with Crippen LogP contribution in [-0.4, -0.2) is 17.5 Å². The molecule has 0 rings (SSSR count). The second-order valence-corrected chi connectivity index (χ2v) is 1.90. The summed E-state index contributed by atoms with van der Waals surface area (Å²) in [5.74, 6) is -0.0347. The Balaban J connectivity index is -0.000000245. The van der Waals surface area contributed by atoms with E-state index in [1.54, 1.807) is 13.8 Å². The van der Waals surface area contributed by atoms with E-state index in [0.717, 1.165) is 0 Å². The first-order valence-electron chi connectivity index (χ1n) is 2.86. The van der Waals surface area contributed by atoms with Crippen LogP contribution in [-0.2, 0) is 4.79 Å². The predicted molar refractivity (Wildman–Crippen MR) is 32.7 cm³/mol. The minimum absolute atomic E-state index is 0. The number of hydrogen-bond donors (Lipinski definition) is 1. The van der Waals surface area contributed by atoms with Gasteiger partial charge in [-0.05, 0) is 0 Å². The Morgan fingerprint density at radius 2 is 2.22 bits per heavy atom. The SMILES string of the molecule is CCC(=O)C(C)CO.[H-].[Na+]. The van der Waals surface area contributed by atoms with E-state index in [2.05, 4.69) is 0 Å². The molecule has 0 aliphatic carbocycles. The molecule has 0 heterocycles. The van der Waals surface area contributed by atoms with Gasteiger partial charge in [0.05, 0.1) is 6.61 Å². The molecule has 0 spiro atoms. The smallest absolute Gasteiger partial charge is 1.00 e. The van der Waals surface area contributed by atoms with E-state index in [1.807, 2.05) is 0 Å². The van der Waals surface area contributed by atoms with Crippen molar-refractivity contribution in [1.82, 2.24) is 0 Å². The summed E-state index contributed by atoms with van der Waals surface area (Å²) < 4.78 is 0. The summed E-state index contributed by atoms with van der Waals surface area (Å²) in [6.45, 7) is 3.51. The molecule has 0 aromatic rings. The van der Waals surface area contributed by atoms with Crippen molar-refractivity contribution >= 4 is 5.78 Å². The maximum atomic E-state index is 10.6. The molecule has 0 bridgehead atoms. The maximum absolute atomic E-state index is 10.6. The average molecular weight is 140 g/mol. The molecule has 1 unspecified atom stereocenters. The van der Waals surface area contributed by atoms with Crippen LogP contribution < -0.4 is 29.6 Å². The fourth-order valence-electron chi connectivity index (χ4n) is 0.450. The van der Waals surface area contributed by atoms with E-state index in [1.165, 1.54) is 0 Å². The molecule has 50 valence electrons. The van der Waals surface area contributed by atoms with Gasteiger partial charge in [0, 0.05) is 12.3 Å². The van der Waals surface area contributed by atoms with E-state index in [0.29, 0.717) is 6.42 Å². The van der Waals surface area contributed by atoms with Crippen LogP contribution in [0.3, 0.4) is 0 Å². The molecule has 0 aromatic carbocycles. The van der Waals surface area contributed by atoms with Crippen LogP contribution in [0.5, 0.6) is 0 Å². The van der Waals surface area contributed by atoms with Crippen LogP contribution in [0, 0.1) is 5.92 Å². The van der Waals surface area contributed by atoms with Crippen LogP contribution >= 0.6 is 0 Å². The van der Waals surface area contributed by atoms with Gasteiger partial charge in [0.2, 0.25) is 0 Å².